The van der Waals surface area contributed by atoms with Crippen molar-refractivity contribution in [2.45, 2.75) is 0 Å². The van der Waals surface area contributed by atoms with Gasteiger partial charge in [-0.3, -0.25) is 4.57 Å². The molecule has 0 fully saturated rings. The topological polar surface area (TPSA) is 43.6 Å². The molecule has 0 spiro atoms. The van der Waals surface area contributed by atoms with Crippen molar-refractivity contribution in [3.8, 4) is 39.3 Å². The van der Waals surface area contributed by atoms with Gasteiger partial charge in [-0.25, -0.2) is 15.0 Å². The highest BCUT2D eigenvalue weighted by molar-refractivity contribution is 6.14. The van der Waals surface area contributed by atoms with Crippen LogP contribution in [-0.2, 0) is 0 Å². The zero-order valence-electron chi connectivity index (χ0n) is 26.5. The van der Waals surface area contributed by atoms with Crippen LogP contribution in [0.4, 0.5) is 0 Å². The molecule has 0 saturated heterocycles. The summed E-state index contributed by atoms with van der Waals surface area (Å²) in [5.41, 5.74) is 10.1. The maximum atomic E-state index is 5.27. The van der Waals surface area contributed by atoms with Gasteiger partial charge in [0.05, 0.1) is 11.0 Å². The average Bonchev–Trinajstić information content (AvgIpc) is 3.49. The van der Waals surface area contributed by atoms with Crippen LogP contribution in [0.3, 0.4) is 0 Å². The van der Waals surface area contributed by atoms with E-state index >= 15 is 0 Å². The van der Waals surface area contributed by atoms with E-state index in [9.17, 15) is 0 Å². The van der Waals surface area contributed by atoms with Gasteiger partial charge in [0, 0.05) is 22.5 Å². The summed E-state index contributed by atoms with van der Waals surface area (Å²) in [7, 11) is 0. The molecule has 0 aliphatic heterocycles. The van der Waals surface area contributed by atoms with Crippen LogP contribution in [0, 0.1) is 0 Å². The molecule has 228 valence electrons. The fraction of sp³-hybridized carbons (Fsp3) is 0. The molecule has 0 saturated carbocycles. The first-order chi connectivity index (χ1) is 24.3. The lowest BCUT2D eigenvalue weighted by molar-refractivity contribution is 1.07. The summed E-state index contributed by atoms with van der Waals surface area (Å²) < 4.78 is 2.28. The molecule has 0 amide bonds. The van der Waals surface area contributed by atoms with E-state index in [-0.39, 0.29) is 0 Å². The fourth-order valence-electron chi connectivity index (χ4n) is 7.26. The molecule has 7 aromatic carbocycles. The van der Waals surface area contributed by atoms with Crippen LogP contribution in [-0.4, -0.2) is 19.5 Å². The average molecular weight is 625 g/mol. The molecular formula is C45H28N4. The van der Waals surface area contributed by atoms with E-state index in [4.69, 9.17) is 9.97 Å². The Labute approximate surface area is 282 Å². The van der Waals surface area contributed by atoms with Crippen molar-refractivity contribution in [2.24, 2.45) is 0 Å². The van der Waals surface area contributed by atoms with Crippen LogP contribution in [0.1, 0.15) is 0 Å². The third-order valence-electron chi connectivity index (χ3n) is 9.63. The minimum Gasteiger partial charge on any atom is -0.292 e. The van der Waals surface area contributed by atoms with Gasteiger partial charge in [0.15, 0.2) is 11.5 Å². The molecular weight excluding hydrogens is 597 g/mol. The summed E-state index contributed by atoms with van der Waals surface area (Å²) in [6, 6.07) is 58.1. The molecule has 0 unspecified atom stereocenters. The normalized spacial score (nSPS) is 11.7. The Bertz CT molecular complexity index is 2860. The van der Waals surface area contributed by atoms with Crippen molar-refractivity contribution in [1.82, 2.24) is 19.5 Å². The minimum atomic E-state index is 0.616. The van der Waals surface area contributed by atoms with Gasteiger partial charge in [0.2, 0.25) is 0 Å². The summed E-state index contributed by atoms with van der Waals surface area (Å²) in [5, 5.41) is 7.19. The van der Waals surface area contributed by atoms with E-state index in [0.29, 0.717) is 5.65 Å². The molecule has 4 nitrogen and oxygen atoms in total. The van der Waals surface area contributed by atoms with Crippen LogP contribution >= 0.6 is 0 Å². The summed E-state index contributed by atoms with van der Waals surface area (Å²) in [5.74, 6) is 0.756. The van der Waals surface area contributed by atoms with Gasteiger partial charge in [-0.2, -0.15) is 0 Å². The van der Waals surface area contributed by atoms with Gasteiger partial charge in [0.1, 0.15) is 11.2 Å². The van der Waals surface area contributed by atoms with E-state index in [2.05, 4.69) is 161 Å². The monoisotopic (exact) mass is 624 g/mol. The second-order valence-electron chi connectivity index (χ2n) is 12.5. The Hall–Kier alpha value is -6.65. The third-order valence-corrected chi connectivity index (χ3v) is 9.63. The maximum absolute atomic E-state index is 5.27. The fourth-order valence-corrected chi connectivity index (χ4v) is 7.26. The van der Waals surface area contributed by atoms with Crippen LogP contribution < -0.4 is 0 Å². The molecule has 10 rings (SSSR count). The van der Waals surface area contributed by atoms with Crippen LogP contribution in [0.2, 0.25) is 0 Å². The molecule has 3 aromatic heterocycles. The van der Waals surface area contributed by atoms with Gasteiger partial charge in [-0.15, -0.1) is 0 Å². The second kappa shape index (κ2) is 11.0. The lowest BCUT2D eigenvalue weighted by Gasteiger charge is -2.14. The molecule has 0 radical (unpaired) electrons. The molecule has 0 aliphatic carbocycles. The van der Waals surface area contributed by atoms with Crippen molar-refractivity contribution in [3.63, 3.8) is 0 Å². The summed E-state index contributed by atoms with van der Waals surface area (Å²) in [6.45, 7) is 0. The van der Waals surface area contributed by atoms with Crippen molar-refractivity contribution in [1.29, 1.82) is 0 Å². The number of rotatable bonds is 4. The molecule has 10 aromatic rings. The zero-order valence-corrected chi connectivity index (χ0v) is 26.5. The Morgan fingerprint density at radius 2 is 1.10 bits per heavy atom. The highest BCUT2D eigenvalue weighted by atomic mass is 15.1. The highest BCUT2D eigenvalue weighted by Crippen LogP contribution is 2.39. The largest absolute Gasteiger partial charge is 0.292 e. The Morgan fingerprint density at radius 1 is 0.408 bits per heavy atom. The first-order valence-corrected chi connectivity index (χ1v) is 16.5. The summed E-state index contributed by atoms with van der Waals surface area (Å²) in [6.07, 6.45) is 1.78. The molecule has 49 heavy (non-hydrogen) atoms. The number of hydrogen-bond acceptors (Lipinski definition) is 3. The number of nitrogens with zero attached hydrogens (tertiary/aromatic N) is 4. The van der Waals surface area contributed by atoms with Gasteiger partial charge < -0.3 is 0 Å². The SMILES string of the molecule is c1ccc(-c2ccc3c(c2)c2cc4ccccc4cc2n3-c2nc3ncccc3nc2-c2ccc(-c3cccc4ccccc34)cc2)cc1. The molecule has 0 aliphatic rings. The predicted molar refractivity (Wildman–Crippen MR) is 203 cm³/mol. The first-order valence-electron chi connectivity index (χ1n) is 16.5. The number of pyridine rings is 1. The van der Waals surface area contributed by atoms with Gasteiger partial charge in [-0.05, 0) is 80.2 Å². The number of fused-ring (bicyclic) bond motifs is 6. The number of benzene rings is 7. The standard InChI is InChI=1S/C45H28N4/c1-2-10-29(11-3-1)35-23-24-41-38(27-35)39-26-33-13-4-5-14-34(33)28-42(39)49(41)45-43(47-40-18-9-25-46-44(40)48-45)32-21-19-31(20-22-32)37-17-8-15-30-12-6-7-16-36(30)37/h1-28H. The van der Waals surface area contributed by atoms with Crippen LogP contribution in [0.25, 0.3) is 93.8 Å². The predicted octanol–water partition coefficient (Wildman–Crippen LogP) is 11.4. The van der Waals surface area contributed by atoms with Crippen molar-refractivity contribution in [3.05, 3.63) is 170 Å². The maximum Gasteiger partial charge on any atom is 0.180 e. The van der Waals surface area contributed by atoms with E-state index < -0.39 is 0 Å². The first kappa shape index (κ1) is 27.5. The number of aromatic nitrogens is 4. The number of hydrogen-bond donors (Lipinski definition) is 0. The molecule has 0 N–H and O–H groups in total. The van der Waals surface area contributed by atoms with E-state index in [1.165, 1.54) is 49.0 Å². The molecule has 3 heterocycles. The Kier molecular flexibility index (Phi) is 6.15. The molecule has 4 heteroatoms. The smallest absolute Gasteiger partial charge is 0.180 e. The molecule has 0 bridgehead atoms. The van der Waals surface area contributed by atoms with Gasteiger partial charge >= 0.3 is 0 Å². The Morgan fingerprint density at radius 3 is 1.96 bits per heavy atom. The van der Waals surface area contributed by atoms with Crippen LogP contribution in [0.15, 0.2) is 170 Å². The zero-order chi connectivity index (χ0) is 32.3. The lowest BCUT2D eigenvalue weighted by Crippen LogP contribution is -2.04. The lowest BCUT2D eigenvalue weighted by atomic mass is 9.97. The quantitative estimate of drug-likeness (QED) is 0.196. The van der Waals surface area contributed by atoms with Crippen LogP contribution in [0.5, 0.6) is 0 Å². The van der Waals surface area contributed by atoms with Crippen molar-refractivity contribution in [2.75, 3.05) is 0 Å². The summed E-state index contributed by atoms with van der Waals surface area (Å²) in [4.78, 5) is 15.2. The van der Waals surface area contributed by atoms with Gasteiger partial charge in [-0.1, -0.05) is 127 Å². The van der Waals surface area contributed by atoms with E-state index in [0.717, 1.165) is 39.2 Å². The molecule has 0 atom stereocenters. The Balaban J connectivity index is 1.24. The second-order valence-corrected chi connectivity index (χ2v) is 12.5. The van der Waals surface area contributed by atoms with Crippen molar-refractivity contribution < 1.29 is 0 Å². The van der Waals surface area contributed by atoms with Crippen molar-refractivity contribution >= 4 is 54.5 Å². The van der Waals surface area contributed by atoms with E-state index in [1.807, 2.05) is 12.1 Å². The van der Waals surface area contributed by atoms with E-state index in [1.54, 1.807) is 6.20 Å². The highest BCUT2D eigenvalue weighted by Gasteiger charge is 2.21. The summed E-state index contributed by atoms with van der Waals surface area (Å²) >= 11 is 0. The minimum absolute atomic E-state index is 0.616. The third kappa shape index (κ3) is 4.49. The van der Waals surface area contributed by atoms with Gasteiger partial charge in [0.25, 0.3) is 0 Å².